The highest BCUT2D eigenvalue weighted by Crippen LogP contribution is 2.29. The SMILES string of the molecule is CCOC=CC(=O)N(Cc1sc2c(c1C)c(=O)n(CCOC)c(=O)n2CCOC)NC(=O)OC(C)(C)C. The van der Waals surface area contributed by atoms with Crippen molar-refractivity contribution in [2.45, 2.75) is 59.9 Å². The van der Waals surface area contributed by atoms with Crippen molar-refractivity contribution in [2.75, 3.05) is 34.0 Å². The first-order valence-electron chi connectivity index (χ1n) is 11.8. The summed E-state index contributed by atoms with van der Waals surface area (Å²) in [7, 11) is 3.01. The molecule has 1 N–H and O–H groups in total. The molecule has 0 aliphatic heterocycles. The second kappa shape index (κ2) is 13.4. The Morgan fingerprint density at radius 2 is 1.70 bits per heavy atom. The van der Waals surface area contributed by atoms with Crippen LogP contribution in [0.25, 0.3) is 10.2 Å². The highest BCUT2D eigenvalue weighted by molar-refractivity contribution is 7.18. The fourth-order valence-corrected chi connectivity index (χ4v) is 4.67. The van der Waals surface area contributed by atoms with E-state index in [1.807, 2.05) is 0 Å². The molecule has 0 aliphatic carbocycles. The van der Waals surface area contributed by atoms with E-state index in [2.05, 4.69) is 5.43 Å². The van der Waals surface area contributed by atoms with E-state index in [1.165, 1.54) is 42.5 Å². The van der Waals surface area contributed by atoms with Crippen LogP contribution in [0.5, 0.6) is 0 Å². The van der Waals surface area contributed by atoms with Crippen molar-refractivity contribution in [1.29, 1.82) is 0 Å². The fourth-order valence-electron chi connectivity index (χ4n) is 3.37. The third kappa shape index (κ3) is 7.91. The number of nitrogens with one attached hydrogen (secondary N) is 1. The minimum atomic E-state index is -0.816. The van der Waals surface area contributed by atoms with Crippen LogP contribution in [-0.4, -0.2) is 65.8 Å². The molecule has 0 aliphatic rings. The Kier molecular flexibility index (Phi) is 10.9. The number of carbonyl (C=O) groups is 2. The van der Waals surface area contributed by atoms with Gasteiger partial charge >= 0.3 is 11.8 Å². The zero-order chi connectivity index (χ0) is 27.8. The zero-order valence-electron chi connectivity index (χ0n) is 22.4. The largest absolute Gasteiger partial charge is 0.501 e. The van der Waals surface area contributed by atoms with E-state index in [4.69, 9.17) is 18.9 Å². The molecule has 0 radical (unpaired) electrons. The Balaban J connectivity index is 2.58. The highest BCUT2D eigenvalue weighted by atomic mass is 32.1. The molecule has 37 heavy (non-hydrogen) atoms. The maximum Gasteiger partial charge on any atom is 0.426 e. The summed E-state index contributed by atoms with van der Waals surface area (Å²) < 4.78 is 23.3. The fraction of sp³-hybridized carbons (Fsp3) is 0.583. The van der Waals surface area contributed by atoms with Crippen molar-refractivity contribution in [3.05, 3.63) is 43.6 Å². The zero-order valence-corrected chi connectivity index (χ0v) is 23.2. The molecule has 0 atom stereocenters. The lowest BCUT2D eigenvalue weighted by molar-refractivity contribution is -0.129. The van der Waals surface area contributed by atoms with Crippen molar-refractivity contribution < 1.29 is 28.5 Å². The molecule has 0 aromatic carbocycles. The second-order valence-electron chi connectivity index (χ2n) is 9.00. The lowest BCUT2D eigenvalue weighted by atomic mass is 10.2. The van der Waals surface area contributed by atoms with Crippen LogP contribution in [0, 0.1) is 6.92 Å². The Morgan fingerprint density at radius 1 is 1.08 bits per heavy atom. The first kappa shape index (κ1) is 30.1. The average Bonchev–Trinajstić information content (AvgIpc) is 3.13. The van der Waals surface area contributed by atoms with Crippen LogP contribution in [-0.2, 0) is 43.4 Å². The quantitative estimate of drug-likeness (QED) is 0.261. The van der Waals surface area contributed by atoms with Crippen molar-refractivity contribution in [3.8, 4) is 0 Å². The second-order valence-corrected chi connectivity index (χ2v) is 10.1. The van der Waals surface area contributed by atoms with Gasteiger partial charge in [0, 0.05) is 25.2 Å². The molecule has 2 heterocycles. The number of fused-ring (bicyclic) bond motifs is 1. The normalized spacial score (nSPS) is 11.8. The molecule has 13 heteroatoms. The Labute approximate surface area is 219 Å². The number of carbonyl (C=O) groups excluding carboxylic acids is 2. The minimum Gasteiger partial charge on any atom is -0.501 e. The first-order chi connectivity index (χ1) is 17.4. The lowest BCUT2D eigenvalue weighted by Gasteiger charge is -2.25. The van der Waals surface area contributed by atoms with Gasteiger partial charge in [0.15, 0.2) is 0 Å². The van der Waals surface area contributed by atoms with Crippen LogP contribution in [0.2, 0.25) is 0 Å². The summed E-state index contributed by atoms with van der Waals surface area (Å²) in [4.78, 5) is 52.9. The number of hydrogen-bond acceptors (Lipinski definition) is 9. The monoisotopic (exact) mass is 540 g/mol. The average molecular weight is 541 g/mol. The van der Waals surface area contributed by atoms with Crippen LogP contribution in [0.1, 0.15) is 38.1 Å². The van der Waals surface area contributed by atoms with Crippen LogP contribution < -0.4 is 16.7 Å². The summed E-state index contributed by atoms with van der Waals surface area (Å²) in [5.41, 5.74) is 1.37. The predicted molar refractivity (Wildman–Crippen MR) is 140 cm³/mol. The Hall–Kier alpha value is -3.16. The van der Waals surface area contributed by atoms with Gasteiger partial charge in [-0.1, -0.05) is 0 Å². The number of hydrazine groups is 1. The summed E-state index contributed by atoms with van der Waals surface area (Å²) in [6, 6.07) is 0. The molecule has 0 fully saturated rings. The van der Waals surface area contributed by atoms with Gasteiger partial charge in [-0.3, -0.25) is 18.7 Å². The van der Waals surface area contributed by atoms with Crippen molar-refractivity contribution >= 4 is 33.6 Å². The number of nitrogens with zero attached hydrogens (tertiary/aromatic N) is 3. The molecule has 206 valence electrons. The highest BCUT2D eigenvalue weighted by Gasteiger charge is 2.25. The van der Waals surface area contributed by atoms with Gasteiger partial charge in [0.2, 0.25) is 0 Å². The van der Waals surface area contributed by atoms with Gasteiger partial charge < -0.3 is 18.9 Å². The minimum absolute atomic E-state index is 0.0737. The van der Waals surface area contributed by atoms with E-state index in [-0.39, 0.29) is 32.8 Å². The van der Waals surface area contributed by atoms with E-state index in [0.717, 1.165) is 9.58 Å². The number of methoxy groups -OCH3 is 2. The third-order valence-corrected chi connectivity index (χ3v) is 6.40. The van der Waals surface area contributed by atoms with Crippen molar-refractivity contribution in [2.24, 2.45) is 0 Å². The van der Waals surface area contributed by atoms with Crippen molar-refractivity contribution in [3.63, 3.8) is 0 Å². The molecule has 12 nitrogen and oxygen atoms in total. The van der Waals surface area contributed by atoms with E-state index >= 15 is 0 Å². The van der Waals surface area contributed by atoms with Crippen LogP contribution in [0.4, 0.5) is 4.79 Å². The van der Waals surface area contributed by atoms with E-state index in [0.29, 0.717) is 27.3 Å². The maximum atomic E-state index is 13.3. The van der Waals surface area contributed by atoms with Gasteiger partial charge in [-0.25, -0.2) is 20.0 Å². The lowest BCUT2D eigenvalue weighted by Crippen LogP contribution is -2.47. The smallest absolute Gasteiger partial charge is 0.426 e. The van der Waals surface area contributed by atoms with Gasteiger partial charge in [0.1, 0.15) is 10.4 Å². The van der Waals surface area contributed by atoms with E-state index < -0.39 is 28.9 Å². The summed E-state index contributed by atoms with van der Waals surface area (Å²) in [5.74, 6) is -0.564. The Morgan fingerprint density at radius 3 is 2.27 bits per heavy atom. The molecule has 0 saturated heterocycles. The van der Waals surface area contributed by atoms with Gasteiger partial charge in [-0.05, 0) is 40.2 Å². The summed E-state index contributed by atoms with van der Waals surface area (Å²) in [6.07, 6.45) is 1.60. The van der Waals surface area contributed by atoms with E-state index in [9.17, 15) is 19.2 Å². The van der Waals surface area contributed by atoms with Crippen LogP contribution >= 0.6 is 11.3 Å². The topological polar surface area (TPSA) is 130 Å². The van der Waals surface area contributed by atoms with Gasteiger partial charge in [0.25, 0.3) is 11.5 Å². The number of ether oxygens (including phenoxy) is 4. The van der Waals surface area contributed by atoms with Crippen LogP contribution in [0.15, 0.2) is 21.9 Å². The number of thiophene rings is 1. The van der Waals surface area contributed by atoms with Gasteiger partial charge in [0.05, 0.1) is 51.1 Å². The van der Waals surface area contributed by atoms with E-state index in [1.54, 1.807) is 34.6 Å². The standard InChI is InChI=1S/C24H36N4O8S/c1-8-35-12-9-18(29)28(25-22(31)36-24(3,4)5)15-17-16(2)19-20(30)26(10-13-33-6)23(32)27(11-14-34-7)21(19)37-17/h9,12H,8,10-11,13-15H2,1-7H3,(H,25,31). The number of hydrogen-bond donors (Lipinski definition) is 1. The van der Waals surface area contributed by atoms with Crippen molar-refractivity contribution in [1.82, 2.24) is 19.6 Å². The molecule has 0 unspecified atom stereocenters. The number of rotatable bonds is 11. The van der Waals surface area contributed by atoms with Crippen LogP contribution in [0.3, 0.4) is 0 Å². The number of aryl methyl sites for hydroxylation is 1. The maximum absolute atomic E-state index is 13.3. The Bertz CT molecular complexity index is 1240. The molecular formula is C24H36N4O8S. The first-order valence-corrected chi connectivity index (χ1v) is 12.6. The molecule has 0 saturated carbocycles. The molecule has 2 rings (SSSR count). The molecule has 0 bridgehead atoms. The molecule has 2 amide bonds. The number of aromatic nitrogens is 2. The summed E-state index contributed by atoms with van der Waals surface area (Å²) in [6.45, 7) is 9.70. The van der Waals surface area contributed by atoms with Gasteiger partial charge in [-0.2, -0.15) is 0 Å². The predicted octanol–water partition coefficient (Wildman–Crippen LogP) is 2.14. The summed E-state index contributed by atoms with van der Waals surface area (Å²) >= 11 is 1.20. The molecular weight excluding hydrogens is 504 g/mol. The molecule has 0 spiro atoms. The molecule has 2 aromatic heterocycles. The van der Waals surface area contributed by atoms with Gasteiger partial charge in [-0.15, -0.1) is 11.3 Å². The summed E-state index contributed by atoms with van der Waals surface area (Å²) in [5, 5.41) is 1.43. The third-order valence-electron chi connectivity index (χ3n) is 5.10. The molecule has 2 aromatic rings. The number of amides is 2.